The van der Waals surface area contributed by atoms with Crippen LogP contribution in [-0.4, -0.2) is 111 Å². The zero-order chi connectivity index (χ0) is 38.6. The molecule has 4 N–H and O–H groups in total. The minimum absolute atomic E-state index is 0.113. The van der Waals surface area contributed by atoms with E-state index in [9.17, 15) is 25.2 Å². The summed E-state index contributed by atoms with van der Waals surface area (Å²) in [4.78, 5) is 14.3. The molecule has 51 heavy (non-hydrogen) atoms. The maximum Gasteiger partial charge on any atom is 0.311 e. The van der Waals surface area contributed by atoms with Crippen molar-refractivity contribution >= 4 is 5.97 Å². The van der Waals surface area contributed by atoms with E-state index in [1.54, 1.807) is 41.5 Å². The normalized spacial score (nSPS) is 51.3. The van der Waals surface area contributed by atoms with Gasteiger partial charge in [0.2, 0.25) is 0 Å². The summed E-state index contributed by atoms with van der Waals surface area (Å²) in [5.74, 6) is -4.02. The van der Waals surface area contributed by atoms with Crippen molar-refractivity contribution in [2.45, 2.75) is 207 Å². The predicted octanol–water partition coefficient (Wildman–Crippen LogP) is 4.70. The molecule has 0 aliphatic carbocycles. The van der Waals surface area contributed by atoms with Gasteiger partial charge >= 0.3 is 5.97 Å². The summed E-state index contributed by atoms with van der Waals surface area (Å²) in [7, 11) is 0. The summed E-state index contributed by atoms with van der Waals surface area (Å²) in [6, 6.07) is 0. The second-order valence-corrected chi connectivity index (χ2v) is 18.2. The van der Waals surface area contributed by atoms with Gasteiger partial charge < -0.3 is 53.6 Å². The molecular weight excluding hydrogens is 660 g/mol. The molecular formula is C39H70O12. The largest absolute Gasteiger partial charge is 0.459 e. The van der Waals surface area contributed by atoms with Crippen LogP contribution in [0, 0.1) is 35.0 Å². The third kappa shape index (κ3) is 9.14. The highest BCUT2D eigenvalue weighted by atomic mass is 16.7. The van der Waals surface area contributed by atoms with E-state index in [1.807, 2.05) is 55.4 Å². The Hall–Kier alpha value is -0.930. The van der Waals surface area contributed by atoms with Crippen molar-refractivity contribution in [3.05, 3.63) is 0 Å². The summed E-state index contributed by atoms with van der Waals surface area (Å²) in [5, 5.41) is 47.0. The summed E-state index contributed by atoms with van der Waals surface area (Å²) in [5.41, 5.74) is -3.70. The Morgan fingerprint density at radius 1 is 0.824 bits per heavy atom. The highest BCUT2D eigenvalue weighted by Crippen LogP contribution is 2.45. The van der Waals surface area contributed by atoms with Crippen LogP contribution in [0.25, 0.3) is 0 Å². The molecule has 4 rings (SSSR count). The predicted molar refractivity (Wildman–Crippen MR) is 189 cm³/mol. The van der Waals surface area contributed by atoms with Gasteiger partial charge in [0.15, 0.2) is 18.4 Å². The van der Waals surface area contributed by atoms with E-state index >= 15 is 0 Å². The second-order valence-electron chi connectivity index (χ2n) is 18.2. The molecule has 12 heteroatoms. The molecule has 0 amide bonds. The van der Waals surface area contributed by atoms with E-state index in [2.05, 4.69) is 0 Å². The number of hydrogen-bond acceptors (Lipinski definition) is 12. The van der Waals surface area contributed by atoms with Crippen molar-refractivity contribution in [3.63, 3.8) is 0 Å². The van der Waals surface area contributed by atoms with Crippen LogP contribution in [-0.2, 0) is 38.0 Å². The molecule has 0 aromatic heterocycles. The Kier molecular flexibility index (Phi) is 13.2. The van der Waals surface area contributed by atoms with Crippen LogP contribution >= 0.6 is 0 Å². The Labute approximate surface area is 306 Å². The van der Waals surface area contributed by atoms with Gasteiger partial charge in [0.05, 0.1) is 54.2 Å². The van der Waals surface area contributed by atoms with Gasteiger partial charge in [-0.15, -0.1) is 0 Å². The average Bonchev–Trinajstić information content (AvgIpc) is 3.01. The summed E-state index contributed by atoms with van der Waals surface area (Å²) < 4.78 is 44.9. The number of rotatable bonds is 5. The lowest BCUT2D eigenvalue weighted by Gasteiger charge is -2.53. The van der Waals surface area contributed by atoms with Crippen LogP contribution in [0.4, 0.5) is 0 Å². The van der Waals surface area contributed by atoms with Crippen LogP contribution in [0.1, 0.15) is 123 Å². The fourth-order valence-corrected chi connectivity index (χ4v) is 9.46. The molecule has 4 heterocycles. The standard InChI is InChI=1S/C39H70O12/c1-15-26-39(14,44)33-22(5)29(50-37(11,12)51-33)20(3)17-38(13,43)32(49-35-28(40)19(2)16-21(4)45-35)23(6)30(24(7)34(42)47-26)48-27-18-36(9,10)31(41)25(8)46-27/h19-33,35,40-41,43-44H,15-18H2,1-14H3/t19-,20+,21+,22-,23-,24+,25-,26+,27?,28+,29-,30-,31-,32+,33+,35?,38-,39+/m0/s1. The molecule has 0 radical (unpaired) electrons. The minimum atomic E-state index is -1.59. The highest BCUT2D eigenvalue weighted by Gasteiger charge is 2.56. The van der Waals surface area contributed by atoms with Gasteiger partial charge in [-0.05, 0) is 85.0 Å². The third-order valence-corrected chi connectivity index (χ3v) is 12.3. The molecule has 0 aromatic rings. The Bertz CT molecular complexity index is 1170. The number of cyclic esters (lactones) is 1. The van der Waals surface area contributed by atoms with E-state index in [0.29, 0.717) is 19.3 Å². The number of aliphatic hydroxyl groups is 4. The molecule has 0 aromatic carbocycles. The van der Waals surface area contributed by atoms with E-state index in [1.165, 1.54) is 0 Å². The molecule has 298 valence electrons. The van der Waals surface area contributed by atoms with Crippen molar-refractivity contribution in [1.82, 2.24) is 0 Å². The fraction of sp³-hybridized carbons (Fsp3) is 0.974. The van der Waals surface area contributed by atoms with E-state index < -0.39 is 102 Å². The van der Waals surface area contributed by atoms with Gasteiger partial charge in [-0.2, -0.15) is 0 Å². The number of fused-ring (bicyclic) bond motifs is 2. The zero-order valence-electron chi connectivity index (χ0n) is 33.6. The number of carbonyl (C=O) groups is 1. The van der Waals surface area contributed by atoms with Crippen LogP contribution < -0.4 is 0 Å². The molecule has 4 fully saturated rings. The van der Waals surface area contributed by atoms with Crippen molar-refractivity contribution in [2.75, 3.05) is 0 Å². The van der Waals surface area contributed by atoms with Gasteiger partial charge in [-0.25, -0.2) is 0 Å². The summed E-state index contributed by atoms with van der Waals surface area (Å²) >= 11 is 0. The Morgan fingerprint density at radius 2 is 1.45 bits per heavy atom. The van der Waals surface area contributed by atoms with Crippen molar-refractivity contribution in [3.8, 4) is 0 Å². The zero-order valence-corrected chi connectivity index (χ0v) is 33.6. The van der Waals surface area contributed by atoms with E-state index in [4.69, 9.17) is 33.2 Å². The van der Waals surface area contributed by atoms with E-state index in [0.717, 1.165) is 0 Å². The van der Waals surface area contributed by atoms with Crippen LogP contribution in [0.2, 0.25) is 0 Å². The molecule has 4 aliphatic rings. The smallest absolute Gasteiger partial charge is 0.311 e. The lowest BCUT2D eigenvalue weighted by molar-refractivity contribution is -0.360. The first-order valence-electron chi connectivity index (χ1n) is 19.3. The first kappa shape index (κ1) is 42.8. The first-order valence-corrected chi connectivity index (χ1v) is 19.3. The van der Waals surface area contributed by atoms with Crippen molar-refractivity contribution < 1.29 is 58.4 Å². The molecule has 4 saturated heterocycles. The van der Waals surface area contributed by atoms with Crippen molar-refractivity contribution in [1.29, 1.82) is 0 Å². The molecule has 0 spiro atoms. The maximum absolute atomic E-state index is 14.3. The molecule has 2 unspecified atom stereocenters. The Balaban J connectivity index is 1.84. The third-order valence-electron chi connectivity index (χ3n) is 12.3. The number of carbonyl (C=O) groups excluding carboxylic acids is 1. The van der Waals surface area contributed by atoms with Crippen molar-refractivity contribution in [2.24, 2.45) is 35.0 Å². The average molecular weight is 731 g/mol. The quantitative estimate of drug-likeness (QED) is 0.289. The number of hydrogen-bond donors (Lipinski definition) is 4. The van der Waals surface area contributed by atoms with Crippen LogP contribution in [0.3, 0.4) is 0 Å². The molecule has 2 bridgehead atoms. The lowest BCUT2D eigenvalue weighted by atomic mass is 9.72. The fourth-order valence-electron chi connectivity index (χ4n) is 9.46. The monoisotopic (exact) mass is 730 g/mol. The van der Waals surface area contributed by atoms with Gasteiger partial charge in [-0.3, -0.25) is 4.79 Å². The number of ether oxygens (including phenoxy) is 7. The van der Waals surface area contributed by atoms with Gasteiger partial charge in [0.1, 0.15) is 17.8 Å². The topological polar surface area (TPSA) is 163 Å². The molecule has 0 saturated carbocycles. The molecule has 12 nitrogen and oxygen atoms in total. The number of esters is 1. The van der Waals surface area contributed by atoms with Crippen LogP contribution in [0.15, 0.2) is 0 Å². The summed E-state index contributed by atoms with van der Waals surface area (Å²) in [6.07, 6.45) is -6.81. The van der Waals surface area contributed by atoms with E-state index in [-0.39, 0.29) is 30.3 Å². The highest BCUT2D eigenvalue weighted by molar-refractivity contribution is 5.73. The van der Waals surface area contributed by atoms with Gasteiger partial charge in [0, 0.05) is 18.3 Å². The second kappa shape index (κ2) is 15.7. The minimum Gasteiger partial charge on any atom is -0.459 e. The van der Waals surface area contributed by atoms with Gasteiger partial charge in [0.25, 0.3) is 0 Å². The SMILES string of the molecule is CC[C@H]1OC(=O)[C@H](C)[C@@H](OC2CC(C)(C)[C@@H](O)[C@H](C)O2)[C@H](C)[C@@H](OC2O[C@H](C)C[C@H](C)[C@H]2O)[C@@](C)(O)C[C@@H](C)[C@@H]2OC(C)(C)O[C@H]([C@H]2C)[C@]1(C)O. The summed E-state index contributed by atoms with van der Waals surface area (Å²) in [6.45, 7) is 25.9. The van der Waals surface area contributed by atoms with Crippen LogP contribution in [0.5, 0.6) is 0 Å². The van der Waals surface area contributed by atoms with Gasteiger partial charge in [-0.1, -0.05) is 48.5 Å². The first-order chi connectivity index (χ1) is 23.3. The molecule has 18 atom stereocenters. The lowest BCUT2D eigenvalue weighted by Crippen LogP contribution is -2.64. The number of aliphatic hydroxyl groups excluding tert-OH is 2. The molecule has 4 aliphatic heterocycles. The maximum atomic E-state index is 14.3. The Morgan fingerprint density at radius 3 is 2.04 bits per heavy atom.